The minimum Gasteiger partial charge on any atom is -0.481 e. The van der Waals surface area contributed by atoms with Gasteiger partial charge in [-0.15, -0.1) is 0 Å². The van der Waals surface area contributed by atoms with Crippen molar-refractivity contribution in [3.8, 4) is 0 Å². The van der Waals surface area contributed by atoms with E-state index in [9.17, 15) is 39.0 Å². The second-order valence-corrected chi connectivity index (χ2v) is 13.7. The minimum absolute atomic E-state index is 0.0163. The van der Waals surface area contributed by atoms with Gasteiger partial charge in [0.05, 0.1) is 0 Å². The fraction of sp³-hybridized carbons (Fsp3) is 0.686. The predicted molar refractivity (Wildman–Crippen MR) is 184 cm³/mol. The van der Waals surface area contributed by atoms with Crippen molar-refractivity contribution < 1.29 is 44.1 Å². The fourth-order valence-corrected chi connectivity index (χ4v) is 7.38. The number of amides is 3. The van der Waals surface area contributed by atoms with Gasteiger partial charge in [0, 0.05) is 36.6 Å². The van der Waals surface area contributed by atoms with E-state index in [2.05, 4.69) is 26.4 Å². The van der Waals surface area contributed by atoms with Gasteiger partial charge in [-0.3, -0.25) is 14.4 Å². The number of carbonyl (C=O) groups excluding carboxylic acids is 3. The molecule has 15 nitrogen and oxygen atoms in total. The molecule has 0 aliphatic heterocycles. The number of ketones is 1. The number of urea groups is 1. The van der Waals surface area contributed by atoms with Crippen LogP contribution in [-0.4, -0.2) is 74.6 Å². The molecule has 50 heavy (non-hydrogen) atoms. The standard InChI is InChI=1S/C35H54N6O9/c36-41-29-18-16-26(21-38-29)31(44)24-11-3-7-22(8-4-12-24)23-9-5-13-25(14-6-10-23)32(45)37-20-2-1-15-27(33(46)47)39-35(50)40-28(34(48)49)17-19-30(42)43/h16,18,21-25,27-28H,1-15,17,19-20,36H2,(H,37,45)(H,38,41)(H,42,43)(H,46,47)(H,48,49)(H2,39,40,50)/t22?,23?,24?,25?,27-,28-/m0/s1. The van der Waals surface area contributed by atoms with Crippen LogP contribution in [0, 0.1) is 23.7 Å². The number of aliphatic carboxylic acids is 3. The first-order chi connectivity index (χ1) is 24.0. The number of unbranched alkanes of at least 4 members (excludes halogenated alkanes) is 1. The van der Waals surface area contributed by atoms with Gasteiger partial charge >= 0.3 is 23.9 Å². The number of pyridine rings is 1. The Kier molecular flexibility index (Phi) is 16.9. The van der Waals surface area contributed by atoms with Crippen LogP contribution >= 0.6 is 0 Å². The quantitative estimate of drug-likeness (QED) is 0.0495. The summed E-state index contributed by atoms with van der Waals surface area (Å²) in [5, 5.41) is 34.8. The molecule has 2 fully saturated rings. The predicted octanol–water partition coefficient (Wildman–Crippen LogP) is 4.08. The topological polar surface area (TPSA) is 250 Å². The van der Waals surface area contributed by atoms with E-state index in [1.54, 1.807) is 18.3 Å². The molecule has 2 aliphatic rings. The van der Waals surface area contributed by atoms with Crippen LogP contribution in [0.5, 0.6) is 0 Å². The van der Waals surface area contributed by atoms with E-state index in [4.69, 9.17) is 10.9 Å². The van der Waals surface area contributed by atoms with Gasteiger partial charge in [-0.1, -0.05) is 51.4 Å². The molecule has 3 amide bonds. The molecule has 0 saturated heterocycles. The van der Waals surface area contributed by atoms with Crippen LogP contribution in [0.25, 0.3) is 0 Å². The molecule has 0 aromatic carbocycles. The lowest BCUT2D eigenvalue weighted by Crippen LogP contribution is -2.51. The van der Waals surface area contributed by atoms with Crippen molar-refractivity contribution in [1.29, 1.82) is 0 Å². The van der Waals surface area contributed by atoms with Crippen molar-refractivity contribution in [2.24, 2.45) is 29.5 Å². The van der Waals surface area contributed by atoms with Crippen molar-refractivity contribution in [1.82, 2.24) is 20.9 Å². The van der Waals surface area contributed by atoms with E-state index in [0.717, 1.165) is 77.0 Å². The van der Waals surface area contributed by atoms with Gasteiger partial charge in [0.2, 0.25) is 5.91 Å². The Hall–Kier alpha value is -4.27. The fourth-order valence-electron chi connectivity index (χ4n) is 7.38. The summed E-state index contributed by atoms with van der Waals surface area (Å²) in [5.41, 5.74) is 3.12. The van der Waals surface area contributed by atoms with Crippen LogP contribution in [0.1, 0.15) is 120 Å². The highest BCUT2D eigenvalue weighted by molar-refractivity contribution is 5.97. The number of rotatable bonds is 17. The number of hydrogen-bond acceptors (Lipinski definition) is 9. The van der Waals surface area contributed by atoms with Gasteiger partial charge in [-0.05, 0) is 75.3 Å². The number of nitrogens with two attached hydrogens (primary N) is 1. The van der Waals surface area contributed by atoms with Gasteiger partial charge in [0.1, 0.15) is 17.9 Å². The number of aromatic nitrogens is 1. The maximum absolute atomic E-state index is 13.1. The molecule has 2 aliphatic carbocycles. The average molecular weight is 703 g/mol. The summed E-state index contributed by atoms with van der Waals surface area (Å²) >= 11 is 0. The summed E-state index contributed by atoms with van der Waals surface area (Å²) in [6.45, 7) is 0.380. The molecule has 2 saturated carbocycles. The normalized spacial score (nSPS) is 22.6. The number of hydrazine groups is 1. The molecule has 2 atom stereocenters. The molecule has 15 heteroatoms. The van der Waals surface area contributed by atoms with Crippen LogP contribution in [0.4, 0.5) is 10.6 Å². The Morgan fingerprint density at radius 3 is 1.76 bits per heavy atom. The van der Waals surface area contributed by atoms with Gasteiger partial charge in [0.15, 0.2) is 5.78 Å². The zero-order chi connectivity index (χ0) is 36.5. The lowest BCUT2D eigenvalue weighted by atomic mass is 9.73. The number of Topliss-reactive ketones (excluding diaryl/α,β-unsaturated/α-hetero) is 1. The zero-order valence-corrected chi connectivity index (χ0v) is 28.7. The highest BCUT2D eigenvalue weighted by Gasteiger charge is 2.30. The van der Waals surface area contributed by atoms with E-state index < -0.39 is 42.4 Å². The van der Waals surface area contributed by atoms with Crippen LogP contribution in [-0.2, 0) is 19.2 Å². The molecule has 1 heterocycles. The summed E-state index contributed by atoms with van der Waals surface area (Å²) in [7, 11) is 0. The third kappa shape index (κ3) is 13.6. The third-order valence-electron chi connectivity index (χ3n) is 10.2. The summed E-state index contributed by atoms with van der Waals surface area (Å²) in [6, 6.07) is -0.237. The van der Waals surface area contributed by atoms with Crippen LogP contribution in [0.3, 0.4) is 0 Å². The highest BCUT2D eigenvalue weighted by atomic mass is 16.4. The number of carboxylic acids is 3. The SMILES string of the molecule is NNc1ccc(C(=O)C2CCCC(C3CCCC(C(=O)NCCCC[C@H](NC(=O)N[C@@H](CCC(=O)O)C(=O)O)C(=O)O)CCC3)CCC2)cn1. The van der Waals surface area contributed by atoms with Gasteiger partial charge < -0.3 is 36.7 Å². The Labute approximate surface area is 292 Å². The number of carboxylic acid groups (broad SMARTS) is 3. The second-order valence-electron chi connectivity index (χ2n) is 13.7. The maximum atomic E-state index is 13.1. The first kappa shape index (κ1) is 40.2. The summed E-state index contributed by atoms with van der Waals surface area (Å²) in [5.74, 6) is 3.46. The minimum atomic E-state index is -1.47. The molecule has 1 aromatic heterocycles. The number of carbonyl (C=O) groups is 6. The zero-order valence-electron chi connectivity index (χ0n) is 28.7. The largest absolute Gasteiger partial charge is 0.481 e. The van der Waals surface area contributed by atoms with Crippen molar-refractivity contribution in [3.05, 3.63) is 23.9 Å². The molecule has 9 N–H and O–H groups in total. The van der Waals surface area contributed by atoms with E-state index in [1.807, 2.05) is 0 Å². The van der Waals surface area contributed by atoms with Crippen molar-refractivity contribution >= 4 is 41.4 Å². The number of nitrogens with one attached hydrogen (secondary N) is 4. The summed E-state index contributed by atoms with van der Waals surface area (Å²) < 4.78 is 0. The van der Waals surface area contributed by atoms with Crippen molar-refractivity contribution in [2.45, 2.75) is 121 Å². The van der Waals surface area contributed by atoms with Gasteiger partial charge in [-0.25, -0.2) is 25.2 Å². The number of nitrogen functional groups attached to an aromatic ring is 1. The Balaban J connectivity index is 1.33. The lowest BCUT2D eigenvalue weighted by molar-refractivity contribution is -0.140. The van der Waals surface area contributed by atoms with Crippen LogP contribution in [0.15, 0.2) is 18.3 Å². The van der Waals surface area contributed by atoms with E-state index in [1.165, 1.54) is 0 Å². The summed E-state index contributed by atoms with van der Waals surface area (Å²) in [4.78, 5) is 76.1. The molecule has 0 bridgehead atoms. The molecule has 1 aromatic rings. The molecule has 0 radical (unpaired) electrons. The highest BCUT2D eigenvalue weighted by Crippen LogP contribution is 2.38. The molecular formula is C35H54N6O9. The maximum Gasteiger partial charge on any atom is 0.326 e. The second kappa shape index (κ2) is 21.1. The monoisotopic (exact) mass is 702 g/mol. The van der Waals surface area contributed by atoms with Crippen molar-refractivity contribution in [3.63, 3.8) is 0 Å². The smallest absolute Gasteiger partial charge is 0.326 e. The lowest BCUT2D eigenvalue weighted by Gasteiger charge is -2.32. The molecule has 0 unspecified atom stereocenters. The van der Waals surface area contributed by atoms with E-state index in [-0.39, 0.29) is 36.4 Å². The van der Waals surface area contributed by atoms with Gasteiger partial charge in [0.25, 0.3) is 0 Å². The molecule has 278 valence electrons. The van der Waals surface area contributed by atoms with E-state index >= 15 is 0 Å². The average Bonchev–Trinajstić information content (AvgIpc) is 3.05. The third-order valence-corrected chi connectivity index (χ3v) is 10.2. The first-order valence-electron chi connectivity index (χ1n) is 18.0. The first-order valence-corrected chi connectivity index (χ1v) is 18.0. The number of hydrogen-bond donors (Lipinski definition) is 8. The summed E-state index contributed by atoms with van der Waals surface area (Å²) in [6.07, 6.45) is 13.8. The van der Waals surface area contributed by atoms with E-state index in [0.29, 0.717) is 42.6 Å². The Morgan fingerprint density at radius 1 is 0.740 bits per heavy atom. The molecule has 0 spiro atoms. The van der Waals surface area contributed by atoms with Crippen LogP contribution < -0.4 is 27.2 Å². The van der Waals surface area contributed by atoms with Crippen LogP contribution in [0.2, 0.25) is 0 Å². The molecule has 3 rings (SSSR count). The Bertz CT molecular complexity index is 1270. The number of anilines is 1. The van der Waals surface area contributed by atoms with Gasteiger partial charge in [-0.2, -0.15) is 0 Å². The number of nitrogens with zero attached hydrogens (tertiary/aromatic N) is 1. The van der Waals surface area contributed by atoms with Crippen molar-refractivity contribution in [2.75, 3.05) is 12.0 Å². The Morgan fingerprint density at radius 2 is 1.28 bits per heavy atom. The molecular weight excluding hydrogens is 648 g/mol.